The molecule has 118 valence electrons. The van der Waals surface area contributed by atoms with Crippen molar-refractivity contribution in [3.63, 3.8) is 0 Å². The number of hydrogen-bond donors (Lipinski definition) is 0. The molecule has 7 heteroatoms. The van der Waals surface area contributed by atoms with Crippen LogP contribution in [0.1, 0.15) is 9.75 Å². The first-order valence-corrected chi connectivity index (χ1v) is 9.23. The van der Waals surface area contributed by atoms with Gasteiger partial charge in [-0.1, -0.05) is 23.2 Å². The average Bonchev–Trinajstić information content (AvgIpc) is 3.13. The third-order valence-corrected chi connectivity index (χ3v) is 5.55. The van der Waals surface area contributed by atoms with E-state index in [0.29, 0.717) is 10.0 Å². The fraction of sp³-hybridized carbons (Fsp3) is 0.125. The second-order valence-corrected chi connectivity index (χ2v) is 7.76. The number of halogens is 2. The number of aryl methyl sites for hydroxylation is 1. The van der Waals surface area contributed by atoms with Gasteiger partial charge in [-0.3, -0.25) is 4.99 Å². The van der Waals surface area contributed by atoms with Crippen LogP contribution in [-0.2, 0) is 0 Å². The van der Waals surface area contributed by atoms with E-state index in [1.807, 2.05) is 23.7 Å². The Hall–Kier alpha value is -1.40. The highest BCUT2D eigenvalue weighted by Crippen LogP contribution is 2.31. The summed E-state index contributed by atoms with van der Waals surface area (Å²) in [5.41, 5.74) is 1.71. The van der Waals surface area contributed by atoms with Crippen molar-refractivity contribution in [1.29, 1.82) is 0 Å². The van der Waals surface area contributed by atoms with Gasteiger partial charge in [-0.15, -0.1) is 22.7 Å². The predicted molar refractivity (Wildman–Crippen MR) is 101 cm³/mol. The van der Waals surface area contributed by atoms with Gasteiger partial charge in [0, 0.05) is 32.8 Å². The van der Waals surface area contributed by atoms with Crippen molar-refractivity contribution >= 4 is 52.1 Å². The van der Waals surface area contributed by atoms with Crippen LogP contribution < -0.4 is 4.80 Å². The number of thiazole rings is 1. The number of benzene rings is 1. The SMILES string of the molecule is CN=c1scc(-c2cc(Cl)ccc2Cl)n1N=Cc1ccc(C)s1. The molecule has 0 aliphatic heterocycles. The second kappa shape index (κ2) is 7.01. The number of aromatic nitrogens is 1. The van der Waals surface area contributed by atoms with Gasteiger partial charge in [0.05, 0.1) is 16.9 Å². The molecule has 3 aromatic rings. The molecule has 0 unspecified atom stereocenters. The highest BCUT2D eigenvalue weighted by atomic mass is 35.5. The van der Waals surface area contributed by atoms with Gasteiger partial charge in [0.1, 0.15) is 0 Å². The van der Waals surface area contributed by atoms with E-state index in [9.17, 15) is 0 Å². The van der Waals surface area contributed by atoms with E-state index < -0.39 is 0 Å². The van der Waals surface area contributed by atoms with Gasteiger partial charge < -0.3 is 0 Å². The highest BCUT2D eigenvalue weighted by Gasteiger charge is 2.11. The maximum Gasteiger partial charge on any atom is 0.205 e. The Labute approximate surface area is 152 Å². The fourth-order valence-corrected chi connectivity index (χ4v) is 4.00. The molecular weight excluding hydrogens is 369 g/mol. The lowest BCUT2D eigenvalue weighted by atomic mass is 10.2. The van der Waals surface area contributed by atoms with Gasteiger partial charge in [0.15, 0.2) is 0 Å². The Kier molecular flexibility index (Phi) is 5.02. The molecule has 0 amide bonds. The molecule has 0 atom stereocenters. The van der Waals surface area contributed by atoms with E-state index in [-0.39, 0.29) is 0 Å². The summed E-state index contributed by atoms with van der Waals surface area (Å²) in [5, 5.41) is 7.83. The molecule has 2 heterocycles. The van der Waals surface area contributed by atoms with Crippen molar-refractivity contribution in [1.82, 2.24) is 4.68 Å². The van der Waals surface area contributed by atoms with Crippen LogP contribution in [-0.4, -0.2) is 17.9 Å². The monoisotopic (exact) mass is 381 g/mol. The van der Waals surface area contributed by atoms with Crippen molar-refractivity contribution in [2.24, 2.45) is 10.1 Å². The molecule has 1 aromatic carbocycles. The topological polar surface area (TPSA) is 29.6 Å². The first-order valence-electron chi connectivity index (χ1n) is 6.78. The Bertz CT molecular complexity index is 935. The van der Waals surface area contributed by atoms with E-state index in [1.165, 1.54) is 16.2 Å². The zero-order chi connectivity index (χ0) is 16.4. The Morgan fingerprint density at radius 2 is 2.00 bits per heavy atom. The lowest BCUT2D eigenvalue weighted by molar-refractivity contribution is 0.849. The first kappa shape index (κ1) is 16.5. The summed E-state index contributed by atoms with van der Waals surface area (Å²) in [6.45, 7) is 2.07. The summed E-state index contributed by atoms with van der Waals surface area (Å²) in [6, 6.07) is 9.52. The molecule has 23 heavy (non-hydrogen) atoms. The van der Waals surface area contributed by atoms with Crippen LogP contribution in [0.2, 0.25) is 10.0 Å². The predicted octanol–water partition coefficient (Wildman–Crippen LogP) is 5.31. The van der Waals surface area contributed by atoms with Crippen LogP contribution in [0.15, 0.2) is 45.8 Å². The van der Waals surface area contributed by atoms with Gasteiger partial charge in [-0.05, 0) is 37.3 Å². The largest absolute Gasteiger partial charge is 0.261 e. The number of thiophene rings is 1. The fourth-order valence-electron chi connectivity index (χ4n) is 2.08. The van der Waals surface area contributed by atoms with E-state index >= 15 is 0 Å². The molecule has 0 saturated heterocycles. The molecule has 0 bridgehead atoms. The van der Waals surface area contributed by atoms with Gasteiger partial charge in [0.25, 0.3) is 0 Å². The minimum Gasteiger partial charge on any atom is -0.261 e. The summed E-state index contributed by atoms with van der Waals surface area (Å²) in [7, 11) is 1.75. The zero-order valence-corrected chi connectivity index (χ0v) is 15.6. The maximum absolute atomic E-state index is 6.33. The third kappa shape index (κ3) is 3.58. The number of hydrogen-bond acceptors (Lipinski definition) is 4. The Morgan fingerprint density at radius 1 is 1.17 bits per heavy atom. The van der Waals surface area contributed by atoms with Gasteiger partial charge in [-0.25, -0.2) is 4.68 Å². The summed E-state index contributed by atoms with van der Waals surface area (Å²) in [4.78, 5) is 7.41. The smallest absolute Gasteiger partial charge is 0.205 e. The summed E-state index contributed by atoms with van der Waals surface area (Å²) < 4.78 is 1.79. The normalized spacial score (nSPS) is 12.4. The molecule has 0 saturated carbocycles. The van der Waals surface area contributed by atoms with Crippen molar-refractivity contribution in [2.75, 3.05) is 7.05 Å². The first-order chi connectivity index (χ1) is 11.1. The number of nitrogens with zero attached hydrogens (tertiary/aromatic N) is 3. The molecular formula is C16H13Cl2N3S2. The number of rotatable bonds is 3. The Balaban J connectivity index is 2.11. The molecule has 0 fully saturated rings. The third-order valence-electron chi connectivity index (χ3n) is 3.14. The molecule has 3 nitrogen and oxygen atoms in total. The molecule has 0 aliphatic rings. The summed E-state index contributed by atoms with van der Waals surface area (Å²) >= 11 is 15.6. The van der Waals surface area contributed by atoms with Crippen molar-refractivity contribution in [2.45, 2.75) is 6.92 Å². The van der Waals surface area contributed by atoms with Crippen LogP contribution in [0.25, 0.3) is 11.3 Å². The standard InChI is InChI=1S/C16H13Cl2N3S2/c1-10-3-5-12(23-10)8-20-21-15(9-22-16(21)19-2)13-7-11(17)4-6-14(13)18/h3-9H,1-2H3. The van der Waals surface area contributed by atoms with Gasteiger partial charge >= 0.3 is 0 Å². The quantitative estimate of drug-likeness (QED) is 0.550. The van der Waals surface area contributed by atoms with Gasteiger partial charge in [0.2, 0.25) is 4.80 Å². The summed E-state index contributed by atoms with van der Waals surface area (Å²) in [6.07, 6.45) is 1.83. The molecule has 3 rings (SSSR count). The van der Waals surface area contributed by atoms with Crippen LogP contribution >= 0.6 is 45.9 Å². The van der Waals surface area contributed by atoms with Crippen LogP contribution in [0.3, 0.4) is 0 Å². The molecule has 0 N–H and O–H groups in total. The highest BCUT2D eigenvalue weighted by molar-refractivity contribution is 7.13. The van der Waals surface area contributed by atoms with Crippen LogP contribution in [0, 0.1) is 6.92 Å². The molecule has 0 spiro atoms. The Morgan fingerprint density at radius 3 is 2.70 bits per heavy atom. The van der Waals surface area contributed by atoms with Crippen LogP contribution in [0.4, 0.5) is 0 Å². The minimum atomic E-state index is 0.630. The minimum absolute atomic E-state index is 0.630. The molecule has 0 radical (unpaired) electrons. The zero-order valence-electron chi connectivity index (χ0n) is 12.5. The van der Waals surface area contributed by atoms with E-state index in [2.05, 4.69) is 23.1 Å². The van der Waals surface area contributed by atoms with Gasteiger partial charge in [-0.2, -0.15) is 5.10 Å². The molecule has 2 aromatic heterocycles. The molecule has 0 aliphatic carbocycles. The van der Waals surface area contributed by atoms with E-state index in [4.69, 9.17) is 23.2 Å². The van der Waals surface area contributed by atoms with Crippen molar-refractivity contribution in [3.8, 4) is 11.3 Å². The van der Waals surface area contributed by atoms with Crippen molar-refractivity contribution < 1.29 is 0 Å². The van der Waals surface area contributed by atoms with Crippen LogP contribution in [0.5, 0.6) is 0 Å². The average molecular weight is 382 g/mol. The van der Waals surface area contributed by atoms with E-state index in [0.717, 1.165) is 20.9 Å². The maximum atomic E-state index is 6.33. The lowest BCUT2D eigenvalue weighted by Gasteiger charge is -2.06. The van der Waals surface area contributed by atoms with Crippen molar-refractivity contribution in [3.05, 3.63) is 60.3 Å². The summed E-state index contributed by atoms with van der Waals surface area (Å²) in [5.74, 6) is 0. The second-order valence-electron chi connectivity index (χ2n) is 4.76. The van der Waals surface area contributed by atoms with E-state index in [1.54, 1.807) is 35.2 Å². The lowest BCUT2D eigenvalue weighted by Crippen LogP contribution is -2.11.